The molecule has 3 N–H and O–H groups in total. The van der Waals surface area contributed by atoms with Crippen LogP contribution in [0.5, 0.6) is 11.5 Å². The quantitative estimate of drug-likeness (QED) is 0.490. The Hall–Kier alpha value is -2.25. The lowest BCUT2D eigenvalue weighted by molar-refractivity contribution is 0.198. The first-order valence-electron chi connectivity index (χ1n) is 9.82. The number of thiophene rings is 1. The molecule has 0 amide bonds. The first kappa shape index (κ1) is 20.5. The van der Waals surface area contributed by atoms with Crippen LogP contribution in [0.15, 0.2) is 40.0 Å². The number of nitrogens with one attached hydrogen (secondary N) is 2. The second-order valence-corrected chi connectivity index (χ2v) is 7.80. The molecule has 0 saturated carbocycles. The monoisotopic (exact) mass is 402 g/mol. The molecule has 0 radical (unpaired) electrons. The molecular weight excluding hydrogens is 372 g/mol. The number of rotatable bonds is 7. The maximum atomic E-state index is 10.1. The molecule has 1 aliphatic heterocycles. The molecule has 152 valence electrons. The molecule has 0 aliphatic carbocycles. The van der Waals surface area contributed by atoms with Gasteiger partial charge in [0.25, 0.3) is 0 Å². The molecule has 0 spiro atoms. The van der Waals surface area contributed by atoms with Crippen molar-refractivity contribution in [2.24, 2.45) is 4.99 Å². The fourth-order valence-corrected chi connectivity index (χ4v) is 4.03. The van der Waals surface area contributed by atoms with Crippen LogP contribution in [-0.4, -0.2) is 48.8 Å². The summed E-state index contributed by atoms with van der Waals surface area (Å²) in [6, 6.07) is 7.84. The van der Waals surface area contributed by atoms with E-state index in [9.17, 15) is 5.11 Å². The SMILES string of the molecule is CCNC(=NCc1cc(OC)ccc1O)NC1CCN(Cc2ccsc2)CC1. The fourth-order valence-electron chi connectivity index (χ4n) is 3.37. The van der Waals surface area contributed by atoms with Gasteiger partial charge in [-0.25, -0.2) is 4.99 Å². The van der Waals surface area contributed by atoms with Crippen LogP contribution in [0.25, 0.3) is 0 Å². The predicted octanol–water partition coefficient (Wildman–Crippen LogP) is 3.18. The van der Waals surface area contributed by atoms with Gasteiger partial charge in [0.15, 0.2) is 5.96 Å². The summed E-state index contributed by atoms with van der Waals surface area (Å²) in [7, 11) is 1.62. The number of methoxy groups -OCH3 is 1. The van der Waals surface area contributed by atoms with Crippen LogP contribution >= 0.6 is 11.3 Å². The number of likely N-dealkylation sites (tertiary alicyclic amines) is 1. The average molecular weight is 403 g/mol. The number of phenolic OH excluding ortho intramolecular Hbond substituents is 1. The third-order valence-electron chi connectivity index (χ3n) is 4.95. The zero-order chi connectivity index (χ0) is 19.8. The second-order valence-electron chi connectivity index (χ2n) is 7.02. The summed E-state index contributed by atoms with van der Waals surface area (Å²) < 4.78 is 5.24. The summed E-state index contributed by atoms with van der Waals surface area (Å²) in [5.74, 6) is 1.75. The van der Waals surface area contributed by atoms with E-state index in [1.54, 1.807) is 30.6 Å². The maximum Gasteiger partial charge on any atom is 0.191 e. The van der Waals surface area contributed by atoms with Gasteiger partial charge < -0.3 is 20.5 Å². The molecule has 1 saturated heterocycles. The topological polar surface area (TPSA) is 69.1 Å². The number of nitrogens with zero attached hydrogens (tertiary/aromatic N) is 2. The third kappa shape index (κ3) is 5.87. The minimum Gasteiger partial charge on any atom is -0.508 e. The Bertz CT molecular complexity index is 756. The molecule has 7 heteroatoms. The Labute approximate surface area is 171 Å². The minimum atomic E-state index is 0.238. The number of ether oxygens (including phenoxy) is 1. The van der Waals surface area contributed by atoms with Crippen LogP contribution in [0.2, 0.25) is 0 Å². The molecule has 6 nitrogen and oxygen atoms in total. The molecule has 0 bridgehead atoms. The van der Waals surface area contributed by atoms with Crippen LogP contribution in [0.1, 0.15) is 30.9 Å². The van der Waals surface area contributed by atoms with Gasteiger partial charge in [-0.2, -0.15) is 11.3 Å². The summed E-state index contributed by atoms with van der Waals surface area (Å²) in [6.07, 6.45) is 2.19. The Balaban J connectivity index is 1.54. The van der Waals surface area contributed by atoms with Gasteiger partial charge in [0, 0.05) is 37.8 Å². The number of phenols is 1. The largest absolute Gasteiger partial charge is 0.508 e. The van der Waals surface area contributed by atoms with Gasteiger partial charge in [-0.1, -0.05) is 0 Å². The lowest BCUT2D eigenvalue weighted by Gasteiger charge is -2.33. The van der Waals surface area contributed by atoms with Crippen molar-refractivity contribution < 1.29 is 9.84 Å². The van der Waals surface area contributed by atoms with Crippen molar-refractivity contribution in [1.82, 2.24) is 15.5 Å². The highest BCUT2D eigenvalue weighted by molar-refractivity contribution is 7.07. The standard InChI is InChI=1S/C21H30N4O2S/c1-3-22-21(23-13-17-12-19(27-2)4-5-20(17)26)24-18-6-9-25(10-7-18)14-16-8-11-28-15-16/h4-5,8,11-12,15,18,26H,3,6-7,9-10,13-14H2,1-2H3,(H2,22,23,24). The zero-order valence-corrected chi connectivity index (χ0v) is 17.5. The van der Waals surface area contributed by atoms with Crippen LogP contribution in [0.4, 0.5) is 0 Å². The van der Waals surface area contributed by atoms with Gasteiger partial charge in [0.2, 0.25) is 0 Å². The summed E-state index contributed by atoms with van der Waals surface area (Å²) in [4.78, 5) is 7.17. The lowest BCUT2D eigenvalue weighted by Crippen LogP contribution is -2.48. The van der Waals surface area contributed by atoms with E-state index in [1.165, 1.54) is 5.56 Å². The van der Waals surface area contributed by atoms with Crippen molar-refractivity contribution in [3.05, 3.63) is 46.2 Å². The number of guanidine groups is 1. The van der Waals surface area contributed by atoms with Crippen LogP contribution < -0.4 is 15.4 Å². The van der Waals surface area contributed by atoms with Crippen molar-refractivity contribution in [2.45, 2.75) is 38.9 Å². The molecule has 1 aliphatic rings. The molecule has 0 unspecified atom stereocenters. The summed E-state index contributed by atoms with van der Waals surface area (Å²) in [6.45, 7) is 6.47. The molecule has 1 aromatic carbocycles. The number of hydrogen-bond donors (Lipinski definition) is 3. The molecular formula is C21H30N4O2S. The summed E-state index contributed by atoms with van der Waals surface area (Å²) in [5.41, 5.74) is 2.16. The van der Waals surface area contributed by atoms with Gasteiger partial charge in [0.1, 0.15) is 11.5 Å². The smallest absolute Gasteiger partial charge is 0.191 e. The van der Waals surface area contributed by atoms with E-state index in [1.807, 2.05) is 6.07 Å². The molecule has 3 rings (SSSR count). The number of hydrogen-bond acceptors (Lipinski definition) is 5. The summed E-state index contributed by atoms with van der Waals surface area (Å²) >= 11 is 1.76. The number of aliphatic imine (C=N–C) groups is 1. The highest BCUT2D eigenvalue weighted by Crippen LogP contribution is 2.23. The van der Waals surface area contributed by atoms with Crippen molar-refractivity contribution in [1.29, 1.82) is 0 Å². The first-order valence-corrected chi connectivity index (χ1v) is 10.8. The normalized spacial score (nSPS) is 16.1. The lowest BCUT2D eigenvalue weighted by atomic mass is 10.0. The molecule has 2 heterocycles. The van der Waals surface area contributed by atoms with Crippen molar-refractivity contribution in [3.8, 4) is 11.5 Å². The van der Waals surface area contributed by atoms with Crippen LogP contribution in [0, 0.1) is 0 Å². The van der Waals surface area contributed by atoms with E-state index in [0.717, 1.165) is 56.3 Å². The molecule has 1 aromatic heterocycles. The first-order chi connectivity index (χ1) is 13.7. The minimum absolute atomic E-state index is 0.238. The van der Waals surface area contributed by atoms with Gasteiger partial charge >= 0.3 is 0 Å². The van der Waals surface area contributed by atoms with E-state index in [-0.39, 0.29) is 5.75 Å². The number of benzene rings is 1. The van der Waals surface area contributed by atoms with E-state index >= 15 is 0 Å². The van der Waals surface area contributed by atoms with E-state index < -0.39 is 0 Å². The number of aromatic hydroxyl groups is 1. The van der Waals surface area contributed by atoms with Crippen molar-refractivity contribution in [3.63, 3.8) is 0 Å². The molecule has 2 aromatic rings. The zero-order valence-electron chi connectivity index (χ0n) is 16.6. The van der Waals surface area contributed by atoms with Gasteiger partial charge in [-0.15, -0.1) is 0 Å². The van der Waals surface area contributed by atoms with E-state index in [4.69, 9.17) is 4.74 Å². The molecule has 28 heavy (non-hydrogen) atoms. The predicted molar refractivity (Wildman–Crippen MR) is 115 cm³/mol. The molecule has 0 atom stereocenters. The van der Waals surface area contributed by atoms with Crippen LogP contribution in [-0.2, 0) is 13.1 Å². The van der Waals surface area contributed by atoms with E-state index in [0.29, 0.717) is 12.6 Å². The Morgan fingerprint density at radius 2 is 2.14 bits per heavy atom. The van der Waals surface area contributed by atoms with Crippen molar-refractivity contribution in [2.75, 3.05) is 26.7 Å². The Kier molecular flexibility index (Phi) is 7.56. The fraction of sp³-hybridized carbons (Fsp3) is 0.476. The van der Waals surface area contributed by atoms with Gasteiger partial charge in [-0.05, 0) is 60.4 Å². The van der Waals surface area contributed by atoms with Crippen LogP contribution in [0.3, 0.4) is 0 Å². The number of piperidine rings is 1. The Morgan fingerprint density at radius 3 is 2.82 bits per heavy atom. The average Bonchev–Trinajstić information content (AvgIpc) is 3.22. The molecule has 1 fully saturated rings. The van der Waals surface area contributed by atoms with E-state index in [2.05, 4.69) is 44.3 Å². The third-order valence-corrected chi connectivity index (χ3v) is 5.69. The second kappa shape index (κ2) is 10.3. The van der Waals surface area contributed by atoms with Crippen molar-refractivity contribution >= 4 is 17.3 Å². The maximum absolute atomic E-state index is 10.1. The summed E-state index contributed by atoms with van der Waals surface area (Å²) in [5, 5.41) is 21.3. The Morgan fingerprint density at radius 1 is 1.32 bits per heavy atom. The van der Waals surface area contributed by atoms with Gasteiger partial charge in [-0.3, -0.25) is 4.90 Å². The highest BCUT2D eigenvalue weighted by atomic mass is 32.1. The van der Waals surface area contributed by atoms with Gasteiger partial charge in [0.05, 0.1) is 13.7 Å². The highest BCUT2D eigenvalue weighted by Gasteiger charge is 2.20.